The van der Waals surface area contributed by atoms with Crippen molar-refractivity contribution in [2.24, 2.45) is 0 Å². The van der Waals surface area contributed by atoms with E-state index in [4.69, 9.17) is 5.41 Å². The number of benzene rings is 1. The number of pyridine rings is 1. The largest absolute Gasteiger partial charge is 0.375 e. The topological polar surface area (TPSA) is 96.4 Å². The van der Waals surface area contributed by atoms with Crippen LogP contribution in [0.5, 0.6) is 0 Å². The van der Waals surface area contributed by atoms with Gasteiger partial charge < -0.3 is 20.6 Å². The molecule has 13 heteroatoms. The number of hydrogen-bond acceptors (Lipinski definition) is 6. The van der Waals surface area contributed by atoms with Crippen LogP contribution < -0.4 is 10.6 Å². The Kier molecular flexibility index (Phi) is 6.66. The van der Waals surface area contributed by atoms with Gasteiger partial charge in [-0.25, -0.2) is 18.2 Å². The first-order valence-electron chi connectivity index (χ1n) is 11.8. The maximum absolute atomic E-state index is 15.5. The van der Waals surface area contributed by atoms with Crippen LogP contribution in [0.25, 0.3) is 22.6 Å². The molecule has 0 fully saturated rings. The second kappa shape index (κ2) is 9.97. The SMILES string of the molecule is CN/C(=C\C=N)Nc1cc(-c2cc3n(c2)C[C@H](CF)n2c-3nnc2C(F)(F)c2cc(F)cc(F)c2)c(C)cn1. The van der Waals surface area contributed by atoms with Gasteiger partial charge in [-0.3, -0.25) is 4.57 Å². The molecule has 0 spiro atoms. The monoisotopic (exact) mass is 542 g/mol. The number of fused-ring (bicyclic) bond motifs is 3. The highest BCUT2D eigenvalue weighted by Gasteiger charge is 2.44. The van der Waals surface area contributed by atoms with Crippen LogP contribution in [-0.2, 0) is 12.5 Å². The van der Waals surface area contributed by atoms with E-state index in [1.807, 2.05) is 6.92 Å². The van der Waals surface area contributed by atoms with Gasteiger partial charge in [0.15, 0.2) is 5.82 Å². The van der Waals surface area contributed by atoms with Crippen molar-refractivity contribution < 1.29 is 22.0 Å². The first-order chi connectivity index (χ1) is 18.7. The number of nitrogens with zero attached hydrogens (tertiary/aromatic N) is 5. The number of aromatic nitrogens is 5. The molecular formula is C26H23F5N8. The highest BCUT2D eigenvalue weighted by molar-refractivity contribution is 5.75. The van der Waals surface area contributed by atoms with E-state index < -0.39 is 41.7 Å². The fourth-order valence-corrected chi connectivity index (χ4v) is 4.62. The van der Waals surface area contributed by atoms with Crippen molar-refractivity contribution >= 4 is 12.0 Å². The summed E-state index contributed by atoms with van der Waals surface area (Å²) < 4.78 is 75.4. The minimum absolute atomic E-state index is 0.0122. The van der Waals surface area contributed by atoms with Crippen LogP contribution in [0.3, 0.4) is 0 Å². The standard InChI is InChI=1S/C26H23F5N8/c1-14-11-34-23(35-22(33-2)3-4-32)9-20(14)15-5-21-24-36-37-25(39(24)19(10-27)13-38(21)12-15)26(30,31)16-6-17(28)8-18(29)7-16/h3-9,11-12,19,32-33H,10,13H2,1-2H3,(H,34,35)/b22-3+,32-4?/t19-/m0/s1. The number of anilines is 1. The smallest absolute Gasteiger partial charge is 0.332 e. The van der Waals surface area contributed by atoms with Crippen molar-refractivity contribution in [3.05, 3.63) is 83.2 Å². The molecule has 0 saturated heterocycles. The molecule has 202 valence electrons. The Hall–Kier alpha value is -4.55. The lowest BCUT2D eigenvalue weighted by Crippen LogP contribution is -2.30. The molecule has 5 rings (SSSR count). The van der Waals surface area contributed by atoms with E-state index in [9.17, 15) is 13.2 Å². The minimum Gasteiger partial charge on any atom is -0.375 e. The summed E-state index contributed by atoms with van der Waals surface area (Å²) in [6, 6.07) is 3.99. The number of nitrogens with one attached hydrogen (secondary N) is 3. The Bertz CT molecular complexity index is 1570. The zero-order chi connectivity index (χ0) is 27.9. The summed E-state index contributed by atoms with van der Waals surface area (Å²) >= 11 is 0. The molecule has 0 amide bonds. The lowest BCUT2D eigenvalue weighted by molar-refractivity contribution is 0.0251. The Morgan fingerprint density at radius 1 is 1.15 bits per heavy atom. The molecule has 0 aliphatic carbocycles. The van der Waals surface area contributed by atoms with Gasteiger partial charge in [-0.1, -0.05) is 0 Å². The van der Waals surface area contributed by atoms with Gasteiger partial charge in [0.1, 0.15) is 29.9 Å². The Labute approximate surface area is 219 Å². The van der Waals surface area contributed by atoms with E-state index >= 15 is 8.78 Å². The second-order valence-electron chi connectivity index (χ2n) is 9.03. The molecule has 0 bridgehead atoms. The zero-order valence-electron chi connectivity index (χ0n) is 20.8. The number of allylic oxidation sites excluding steroid dienone is 1. The Balaban J connectivity index is 1.58. The summed E-state index contributed by atoms with van der Waals surface area (Å²) in [5, 5.41) is 20.9. The number of aryl methyl sites for hydroxylation is 1. The first kappa shape index (κ1) is 26.1. The van der Waals surface area contributed by atoms with Gasteiger partial charge in [0, 0.05) is 49.4 Å². The Morgan fingerprint density at radius 3 is 2.56 bits per heavy atom. The van der Waals surface area contributed by atoms with E-state index in [0.717, 1.165) is 21.9 Å². The molecule has 3 aromatic heterocycles. The van der Waals surface area contributed by atoms with Crippen LogP contribution in [0.4, 0.5) is 27.8 Å². The molecule has 1 aliphatic rings. The summed E-state index contributed by atoms with van der Waals surface area (Å²) in [7, 11) is 1.69. The summed E-state index contributed by atoms with van der Waals surface area (Å²) in [6.45, 7) is 0.880. The predicted octanol–water partition coefficient (Wildman–Crippen LogP) is 5.18. The predicted molar refractivity (Wildman–Crippen MR) is 135 cm³/mol. The van der Waals surface area contributed by atoms with Crippen molar-refractivity contribution in [2.75, 3.05) is 19.0 Å². The fourth-order valence-electron chi connectivity index (χ4n) is 4.62. The maximum Gasteiger partial charge on any atom is 0.332 e. The Morgan fingerprint density at radius 2 is 1.90 bits per heavy atom. The fraction of sp³-hybridized carbons (Fsp3) is 0.231. The summed E-state index contributed by atoms with van der Waals surface area (Å²) in [5.41, 5.74) is 1.81. The highest BCUT2D eigenvalue weighted by atomic mass is 19.3. The van der Waals surface area contributed by atoms with Gasteiger partial charge in [-0.05, 0) is 48.4 Å². The van der Waals surface area contributed by atoms with Crippen LogP contribution in [0.15, 0.2) is 54.6 Å². The number of alkyl halides is 3. The molecule has 39 heavy (non-hydrogen) atoms. The minimum atomic E-state index is -3.93. The summed E-state index contributed by atoms with van der Waals surface area (Å²) in [4.78, 5) is 4.36. The zero-order valence-corrected chi connectivity index (χ0v) is 20.8. The van der Waals surface area contributed by atoms with Gasteiger partial charge in [0.05, 0.1) is 11.7 Å². The van der Waals surface area contributed by atoms with Crippen LogP contribution in [0.2, 0.25) is 0 Å². The molecule has 3 N–H and O–H groups in total. The molecule has 4 heterocycles. The summed E-state index contributed by atoms with van der Waals surface area (Å²) in [6.07, 6.45) is 6.08. The third kappa shape index (κ3) is 4.64. The van der Waals surface area contributed by atoms with Gasteiger partial charge in [0.25, 0.3) is 0 Å². The van der Waals surface area contributed by atoms with Crippen molar-refractivity contribution in [1.82, 2.24) is 29.6 Å². The lowest BCUT2D eigenvalue weighted by atomic mass is 10.0. The molecular weight excluding hydrogens is 519 g/mol. The number of rotatable bonds is 8. The average molecular weight is 543 g/mol. The second-order valence-corrected chi connectivity index (χ2v) is 9.03. The van der Waals surface area contributed by atoms with E-state index in [1.165, 1.54) is 6.08 Å². The van der Waals surface area contributed by atoms with Crippen LogP contribution >= 0.6 is 0 Å². The van der Waals surface area contributed by atoms with Crippen LogP contribution in [-0.4, -0.2) is 44.3 Å². The molecule has 8 nitrogen and oxygen atoms in total. The van der Waals surface area contributed by atoms with Gasteiger partial charge in [-0.15, -0.1) is 10.2 Å². The molecule has 0 radical (unpaired) electrons. The van der Waals surface area contributed by atoms with Crippen LogP contribution in [0, 0.1) is 24.0 Å². The van der Waals surface area contributed by atoms with Crippen molar-refractivity contribution in [3.8, 4) is 22.6 Å². The average Bonchev–Trinajstić information content (AvgIpc) is 3.53. The van der Waals surface area contributed by atoms with Gasteiger partial charge in [-0.2, -0.15) is 8.78 Å². The molecule has 1 atom stereocenters. The van der Waals surface area contributed by atoms with Gasteiger partial charge in [0.2, 0.25) is 5.82 Å². The molecule has 0 saturated carbocycles. The molecule has 4 aromatic rings. The maximum atomic E-state index is 15.5. The van der Waals surface area contributed by atoms with E-state index in [2.05, 4.69) is 25.8 Å². The van der Waals surface area contributed by atoms with E-state index in [1.54, 1.807) is 36.1 Å². The molecule has 1 aliphatic heterocycles. The number of hydrogen-bond donors (Lipinski definition) is 3. The van der Waals surface area contributed by atoms with E-state index in [-0.39, 0.29) is 12.4 Å². The van der Waals surface area contributed by atoms with Crippen molar-refractivity contribution in [1.29, 1.82) is 5.41 Å². The van der Waals surface area contributed by atoms with Crippen molar-refractivity contribution in [2.45, 2.75) is 25.4 Å². The molecule has 1 aromatic carbocycles. The van der Waals surface area contributed by atoms with Crippen molar-refractivity contribution in [3.63, 3.8) is 0 Å². The molecule has 0 unspecified atom stereocenters. The highest BCUT2D eigenvalue weighted by Crippen LogP contribution is 2.42. The third-order valence-corrected chi connectivity index (χ3v) is 6.47. The summed E-state index contributed by atoms with van der Waals surface area (Å²) in [5.74, 6) is -6.11. The van der Waals surface area contributed by atoms with Gasteiger partial charge >= 0.3 is 5.92 Å². The quantitative estimate of drug-likeness (QED) is 0.211. The third-order valence-electron chi connectivity index (χ3n) is 6.47. The normalized spacial score (nSPS) is 15.1. The number of halogens is 5. The van der Waals surface area contributed by atoms with Crippen LogP contribution in [0.1, 0.15) is 23.0 Å². The van der Waals surface area contributed by atoms with E-state index in [0.29, 0.717) is 41.1 Å². The first-order valence-corrected chi connectivity index (χ1v) is 11.8. The lowest BCUT2D eigenvalue weighted by Gasteiger charge is -2.28.